The lowest BCUT2D eigenvalue weighted by Gasteiger charge is -2.26. The Bertz CT molecular complexity index is 979. The van der Waals surface area contributed by atoms with E-state index in [0.717, 1.165) is 26.8 Å². The highest BCUT2D eigenvalue weighted by atomic mass is 16.5. The molecule has 1 atom stereocenters. The number of allylic oxidation sites excluding steroid dienone is 1. The van der Waals surface area contributed by atoms with Gasteiger partial charge in [-0.1, -0.05) is 0 Å². The fourth-order valence-electron chi connectivity index (χ4n) is 3.14. The van der Waals surface area contributed by atoms with Crippen LogP contribution in [-0.4, -0.2) is 46.3 Å². The highest BCUT2D eigenvalue weighted by Crippen LogP contribution is 2.38. The standard InChI is InChI=1S/C22H24O9/c1-11(23)29-16(8-9-22(4,5)28)14-10-15(26)19-17(30-12(2)24)6-7-18(31-13(3)25)20(19)21(14)27/h6-7,10,16,28H,8-9H2,1-5H3/t16-/m0/s1. The SMILES string of the molecule is CC(=O)Oc1ccc(OC(C)=O)c2c1C(=O)C=C([C@H](CCC(C)(C)O)OC(C)=O)C2=O. The number of carbonyl (C=O) groups excluding carboxylic acids is 5. The number of benzene rings is 1. The molecule has 1 aliphatic carbocycles. The van der Waals surface area contributed by atoms with Crippen molar-refractivity contribution in [1.29, 1.82) is 0 Å². The molecule has 0 amide bonds. The van der Waals surface area contributed by atoms with Gasteiger partial charge in [-0.2, -0.15) is 0 Å². The van der Waals surface area contributed by atoms with E-state index in [0.29, 0.717) is 0 Å². The molecule has 0 radical (unpaired) electrons. The zero-order valence-electron chi connectivity index (χ0n) is 17.9. The maximum Gasteiger partial charge on any atom is 0.308 e. The maximum absolute atomic E-state index is 13.3. The third-order valence-corrected chi connectivity index (χ3v) is 4.33. The number of hydrogen-bond donors (Lipinski definition) is 1. The van der Waals surface area contributed by atoms with Gasteiger partial charge >= 0.3 is 17.9 Å². The number of hydrogen-bond acceptors (Lipinski definition) is 9. The van der Waals surface area contributed by atoms with Crippen LogP contribution in [-0.2, 0) is 19.1 Å². The molecule has 0 aromatic heterocycles. The largest absolute Gasteiger partial charge is 0.458 e. The molecule has 0 heterocycles. The van der Waals surface area contributed by atoms with Crippen molar-refractivity contribution >= 4 is 29.5 Å². The number of ether oxygens (including phenoxy) is 3. The van der Waals surface area contributed by atoms with E-state index in [1.807, 2.05) is 0 Å². The van der Waals surface area contributed by atoms with Crippen molar-refractivity contribution in [3.05, 3.63) is 34.9 Å². The lowest BCUT2D eigenvalue weighted by Crippen LogP contribution is -2.31. The van der Waals surface area contributed by atoms with Gasteiger partial charge in [0.15, 0.2) is 11.6 Å². The molecule has 0 aliphatic heterocycles. The van der Waals surface area contributed by atoms with Gasteiger partial charge in [-0.3, -0.25) is 24.0 Å². The van der Waals surface area contributed by atoms with Crippen LogP contribution in [0.5, 0.6) is 11.5 Å². The summed E-state index contributed by atoms with van der Waals surface area (Å²) in [5, 5.41) is 10.0. The molecule has 31 heavy (non-hydrogen) atoms. The van der Waals surface area contributed by atoms with Gasteiger partial charge in [0, 0.05) is 26.3 Å². The van der Waals surface area contributed by atoms with E-state index >= 15 is 0 Å². The van der Waals surface area contributed by atoms with E-state index in [2.05, 4.69) is 0 Å². The highest BCUT2D eigenvalue weighted by Gasteiger charge is 2.37. The van der Waals surface area contributed by atoms with Gasteiger partial charge in [-0.25, -0.2) is 0 Å². The molecule has 1 aromatic rings. The minimum Gasteiger partial charge on any atom is -0.458 e. The van der Waals surface area contributed by atoms with Crippen molar-refractivity contribution in [2.24, 2.45) is 0 Å². The molecule has 9 nitrogen and oxygen atoms in total. The Kier molecular flexibility index (Phi) is 7.12. The molecule has 166 valence electrons. The molecule has 0 spiro atoms. The Morgan fingerprint density at radius 3 is 1.90 bits per heavy atom. The quantitative estimate of drug-likeness (QED) is 0.509. The van der Waals surface area contributed by atoms with Crippen molar-refractivity contribution in [3.63, 3.8) is 0 Å². The molecule has 0 bridgehead atoms. The number of fused-ring (bicyclic) bond motifs is 1. The van der Waals surface area contributed by atoms with Crippen LogP contribution < -0.4 is 9.47 Å². The van der Waals surface area contributed by atoms with Crippen LogP contribution in [0.15, 0.2) is 23.8 Å². The fraction of sp³-hybridized carbons (Fsp3) is 0.409. The highest BCUT2D eigenvalue weighted by molar-refractivity contribution is 6.27. The van der Waals surface area contributed by atoms with E-state index in [1.165, 1.54) is 12.1 Å². The average molecular weight is 432 g/mol. The first-order valence-electron chi connectivity index (χ1n) is 9.54. The Hall–Kier alpha value is -3.33. The normalized spacial score (nSPS) is 14.3. The van der Waals surface area contributed by atoms with E-state index < -0.39 is 41.2 Å². The molecule has 0 fully saturated rings. The molecular weight excluding hydrogens is 408 g/mol. The lowest BCUT2D eigenvalue weighted by molar-refractivity contribution is -0.145. The third kappa shape index (κ3) is 6.08. The Labute approximate surface area is 179 Å². The van der Waals surface area contributed by atoms with Crippen LogP contribution in [0.3, 0.4) is 0 Å². The van der Waals surface area contributed by atoms with Crippen molar-refractivity contribution < 1.29 is 43.3 Å². The number of aliphatic hydroxyl groups is 1. The molecular formula is C22H24O9. The van der Waals surface area contributed by atoms with Crippen molar-refractivity contribution in [1.82, 2.24) is 0 Å². The minimum atomic E-state index is -1.11. The smallest absolute Gasteiger partial charge is 0.308 e. The van der Waals surface area contributed by atoms with Gasteiger partial charge in [0.2, 0.25) is 0 Å². The van der Waals surface area contributed by atoms with E-state index in [4.69, 9.17) is 14.2 Å². The molecule has 1 aliphatic rings. The van der Waals surface area contributed by atoms with Gasteiger partial charge in [0.25, 0.3) is 0 Å². The summed E-state index contributed by atoms with van der Waals surface area (Å²) in [6.07, 6.45) is 0.125. The first-order chi connectivity index (χ1) is 14.3. The van der Waals surface area contributed by atoms with Gasteiger partial charge < -0.3 is 19.3 Å². The molecule has 0 saturated heterocycles. The van der Waals surface area contributed by atoms with E-state index in [1.54, 1.807) is 13.8 Å². The minimum absolute atomic E-state index is 0.0653. The van der Waals surface area contributed by atoms with E-state index in [9.17, 15) is 29.1 Å². The molecule has 1 N–H and O–H groups in total. The van der Waals surface area contributed by atoms with Crippen LogP contribution in [0.4, 0.5) is 0 Å². The molecule has 9 heteroatoms. The summed E-state index contributed by atoms with van der Waals surface area (Å²) in [6, 6.07) is 2.49. The summed E-state index contributed by atoms with van der Waals surface area (Å²) in [6.45, 7) is 6.53. The second kappa shape index (κ2) is 9.22. The van der Waals surface area contributed by atoms with Gasteiger partial charge in [-0.15, -0.1) is 0 Å². The number of carbonyl (C=O) groups is 5. The summed E-state index contributed by atoms with van der Waals surface area (Å²) in [5.41, 5.74) is -1.74. The van der Waals surface area contributed by atoms with Crippen molar-refractivity contribution in [2.45, 2.75) is 59.2 Å². The maximum atomic E-state index is 13.3. The Morgan fingerprint density at radius 1 is 0.935 bits per heavy atom. The van der Waals surface area contributed by atoms with Crippen LogP contribution >= 0.6 is 0 Å². The molecule has 0 saturated carbocycles. The monoisotopic (exact) mass is 432 g/mol. The molecule has 2 rings (SSSR count). The lowest BCUT2D eigenvalue weighted by atomic mass is 9.84. The summed E-state index contributed by atoms with van der Waals surface area (Å²) < 4.78 is 15.4. The summed E-state index contributed by atoms with van der Waals surface area (Å²) in [5.74, 6) is -3.87. The predicted molar refractivity (Wildman–Crippen MR) is 107 cm³/mol. The predicted octanol–water partition coefficient (Wildman–Crippen LogP) is 2.33. The fourth-order valence-corrected chi connectivity index (χ4v) is 3.14. The number of Topliss-reactive ketones (excluding diaryl/α,β-unsaturated/α-hetero) is 1. The number of rotatable bonds is 7. The van der Waals surface area contributed by atoms with Crippen LogP contribution in [0.1, 0.15) is 68.2 Å². The first kappa shape index (κ1) is 23.9. The Morgan fingerprint density at radius 2 is 1.45 bits per heavy atom. The molecule has 1 aromatic carbocycles. The van der Waals surface area contributed by atoms with Crippen molar-refractivity contribution in [3.8, 4) is 11.5 Å². The summed E-state index contributed by atoms with van der Waals surface area (Å²) in [4.78, 5) is 60.8. The van der Waals surface area contributed by atoms with Gasteiger partial charge in [0.05, 0.1) is 16.7 Å². The topological polar surface area (TPSA) is 133 Å². The van der Waals surface area contributed by atoms with Gasteiger partial charge in [-0.05, 0) is 44.9 Å². The Balaban J connectivity index is 2.60. The zero-order valence-corrected chi connectivity index (χ0v) is 17.9. The van der Waals surface area contributed by atoms with Crippen molar-refractivity contribution in [2.75, 3.05) is 0 Å². The van der Waals surface area contributed by atoms with Crippen LogP contribution in [0, 0.1) is 0 Å². The number of ketones is 2. The zero-order chi connectivity index (χ0) is 23.5. The van der Waals surface area contributed by atoms with E-state index in [-0.39, 0.29) is 41.0 Å². The van der Waals surface area contributed by atoms with Crippen LogP contribution in [0.2, 0.25) is 0 Å². The first-order valence-corrected chi connectivity index (χ1v) is 9.54. The summed E-state index contributed by atoms with van der Waals surface area (Å²) in [7, 11) is 0. The van der Waals surface area contributed by atoms with Crippen LogP contribution in [0.25, 0.3) is 0 Å². The number of esters is 3. The third-order valence-electron chi connectivity index (χ3n) is 4.33. The van der Waals surface area contributed by atoms with Gasteiger partial charge in [0.1, 0.15) is 17.6 Å². The average Bonchev–Trinajstić information content (AvgIpc) is 2.61. The second-order valence-corrected chi connectivity index (χ2v) is 7.74. The summed E-state index contributed by atoms with van der Waals surface area (Å²) >= 11 is 0. The second-order valence-electron chi connectivity index (χ2n) is 7.74. The molecule has 0 unspecified atom stereocenters.